The molecule has 0 aromatic rings. The van der Waals surface area contributed by atoms with Crippen molar-refractivity contribution in [2.75, 3.05) is 0 Å². The molecule has 0 saturated heterocycles. The summed E-state index contributed by atoms with van der Waals surface area (Å²) in [6.45, 7) is 3.73. The predicted molar refractivity (Wildman–Crippen MR) is 64.5 cm³/mol. The van der Waals surface area contributed by atoms with Crippen molar-refractivity contribution in [2.24, 2.45) is 0 Å². The third-order valence-corrected chi connectivity index (χ3v) is 2.83. The van der Waals surface area contributed by atoms with Crippen LogP contribution in [-0.2, 0) is 0 Å². The lowest BCUT2D eigenvalue weighted by molar-refractivity contribution is 0.600. The van der Waals surface area contributed by atoms with Gasteiger partial charge in [-0.25, -0.2) is 0 Å². The summed E-state index contributed by atoms with van der Waals surface area (Å²) < 4.78 is 0. The highest BCUT2D eigenvalue weighted by Crippen LogP contribution is 2.28. The van der Waals surface area contributed by atoms with Gasteiger partial charge in [-0.3, -0.25) is 0 Å². The molecule has 0 amide bonds. The second kappa shape index (κ2) is 7.84. The number of hydrogen-bond acceptors (Lipinski definition) is 0. The smallest absolute Gasteiger partial charge is 0.0283 e. The van der Waals surface area contributed by atoms with E-state index in [2.05, 4.69) is 12.7 Å². The molecule has 0 N–H and O–H groups in total. The molecule has 0 bridgehead atoms. The summed E-state index contributed by atoms with van der Waals surface area (Å²) in [5.41, 5.74) is 1.70. The van der Waals surface area contributed by atoms with Crippen molar-refractivity contribution >= 4 is 0 Å². The largest absolute Gasteiger partial charge is 0.103 e. The van der Waals surface area contributed by atoms with Crippen LogP contribution in [0, 0.1) is 0 Å². The summed E-state index contributed by atoms with van der Waals surface area (Å²) in [6, 6.07) is 0. The van der Waals surface area contributed by atoms with E-state index in [1.807, 2.05) is 6.08 Å². The van der Waals surface area contributed by atoms with E-state index in [4.69, 9.17) is 0 Å². The Morgan fingerprint density at radius 3 is 2.00 bits per heavy atom. The lowest BCUT2D eigenvalue weighted by atomic mass is 10.1. The van der Waals surface area contributed by atoms with Gasteiger partial charge in [-0.2, -0.15) is 0 Å². The van der Waals surface area contributed by atoms with Crippen LogP contribution in [0.1, 0.15) is 64.2 Å². The summed E-state index contributed by atoms with van der Waals surface area (Å²) in [6.07, 6.45) is 18.2. The zero-order valence-electron chi connectivity index (χ0n) is 9.43. The Bertz CT molecular complexity index is 170. The first kappa shape index (κ1) is 11.6. The van der Waals surface area contributed by atoms with Gasteiger partial charge in [-0.15, -0.1) is 6.58 Å². The molecule has 1 rings (SSSR count). The fourth-order valence-electron chi connectivity index (χ4n) is 1.72. The molecule has 0 aliphatic heterocycles. The van der Waals surface area contributed by atoms with Crippen molar-refractivity contribution in [3.8, 4) is 0 Å². The van der Waals surface area contributed by atoms with Crippen molar-refractivity contribution in [1.29, 1.82) is 0 Å². The molecule has 1 aliphatic carbocycles. The molecule has 0 atom stereocenters. The third-order valence-electron chi connectivity index (χ3n) is 2.83. The number of rotatable bonds is 9. The van der Waals surface area contributed by atoms with Crippen LogP contribution in [0.3, 0.4) is 0 Å². The lowest BCUT2D eigenvalue weighted by Gasteiger charge is -1.98. The van der Waals surface area contributed by atoms with Gasteiger partial charge < -0.3 is 0 Å². The second-order valence-electron chi connectivity index (χ2n) is 4.35. The molecule has 0 radical (unpaired) electrons. The van der Waals surface area contributed by atoms with Crippen LogP contribution >= 0.6 is 0 Å². The van der Waals surface area contributed by atoms with Crippen LogP contribution in [0.4, 0.5) is 0 Å². The molecule has 1 aliphatic rings. The summed E-state index contributed by atoms with van der Waals surface area (Å²) in [5.74, 6) is 0. The molecule has 80 valence electrons. The molecule has 1 fully saturated rings. The third kappa shape index (κ3) is 6.94. The van der Waals surface area contributed by atoms with Crippen LogP contribution in [0.15, 0.2) is 24.3 Å². The minimum absolute atomic E-state index is 1.20. The lowest BCUT2D eigenvalue weighted by Crippen LogP contribution is -1.79. The van der Waals surface area contributed by atoms with E-state index in [1.165, 1.54) is 64.2 Å². The van der Waals surface area contributed by atoms with Gasteiger partial charge in [-0.05, 0) is 38.5 Å². The molecular weight excluding hydrogens is 168 g/mol. The minimum Gasteiger partial charge on any atom is -0.103 e. The molecule has 0 spiro atoms. The van der Waals surface area contributed by atoms with Crippen molar-refractivity contribution in [2.45, 2.75) is 64.2 Å². The molecule has 14 heavy (non-hydrogen) atoms. The fourth-order valence-corrected chi connectivity index (χ4v) is 1.72. The zero-order chi connectivity index (χ0) is 10.1. The molecule has 0 aromatic heterocycles. The number of allylic oxidation sites excluding steroid dienone is 3. The maximum atomic E-state index is 3.73. The first-order valence-electron chi connectivity index (χ1n) is 6.22. The van der Waals surface area contributed by atoms with E-state index in [9.17, 15) is 0 Å². The Hall–Kier alpha value is -0.520. The monoisotopic (exact) mass is 192 g/mol. The molecule has 0 aromatic carbocycles. The van der Waals surface area contributed by atoms with E-state index >= 15 is 0 Å². The maximum absolute atomic E-state index is 3.73. The molecular formula is C14H24. The number of unbranched alkanes of at least 4 members (excludes halogenated alkanes) is 7. The van der Waals surface area contributed by atoms with Crippen molar-refractivity contribution in [1.82, 2.24) is 0 Å². The normalized spacial score (nSPS) is 14.1. The summed E-state index contributed by atoms with van der Waals surface area (Å²) >= 11 is 0. The number of hydrogen-bond donors (Lipinski definition) is 0. The van der Waals surface area contributed by atoms with Gasteiger partial charge in [0.1, 0.15) is 0 Å². The topological polar surface area (TPSA) is 0 Å². The van der Waals surface area contributed by atoms with Gasteiger partial charge in [-0.1, -0.05) is 43.4 Å². The van der Waals surface area contributed by atoms with Gasteiger partial charge >= 0.3 is 0 Å². The van der Waals surface area contributed by atoms with Gasteiger partial charge in [0.2, 0.25) is 0 Å². The Kier molecular flexibility index (Phi) is 6.47. The Morgan fingerprint density at radius 2 is 1.43 bits per heavy atom. The van der Waals surface area contributed by atoms with Crippen LogP contribution in [0.25, 0.3) is 0 Å². The van der Waals surface area contributed by atoms with Crippen molar-refractivity contribution in [3.05, 3.63) is 24.3 Å². The SMILES string of the molecule is C=CCCCCCCCCC=C1CC1. The van der Waals surface area contributed by atoms with Crippen LogP contribution in [0.5, 0.6) is 0 Å². The zero-order valence-corrected chi connectivity index (χ0v) is 9.43. The average Bonchev–Trinajstić information content (AvgIpc) is 2.99. The Labute approximate surface area is 89.1 Å². The highest BCUT2D eigenvalue weighted by molar-refractivity contribution is 5.15. The standard InChI is InChI=1S/C14H24/c1-2-3-4-5-6-7-8-9-10-11-14-12-13-14/h2,11H,1,3-10,12-13H2. The molecule has 0 unspecified atom stereocenters. The van der Waals surface area contributed by atoms with Crippen LogP contribution < -0.4 is 0 Å². The summed E-state index contributed by atoms with van der Waals surface area (Å²) in [4.78, 5) is 0. The van der Waals surface area contributed by atoms with Gasteiger partial charge in [0, 0.05) is 0 Å². The van der Waals surface area contributed by atoms with E-state index in [0.29, 0.717) is 0 Å². The molecule has 1 saturated carbocycles. The first-order valence-corrected chi connectivity index (χ1v) is 6.22. The average molecular weight is 192 g/mol. The van der Waals surface area contributed by atoms with E-state index in [0.717, 1.165) is 0 Å². The van der Waals surface area contributed by atoms with Crippen LogP contribution in [0.2, 0.25) is 0 Å². The highest BCUT2D eigenvalue weighted by atomic mass is 14.1. The van der Waals surface area contributed by atoms with E-state index < -0.39 is 0 Å². The van der Waals surface area contributed by atoms with Gasteiger partial charge in [0.25, 0.3) is 0 Å². The van der Waals surface area contributed by atoms with Gasteiger partial charge in [0.05, 0.1) is 0 Å². The molecule has 0 heteroatoms. The fraction of sp³-hybridized carbons (Fsp3) is 0.714. The minimum atomic E-state index is 1.20. The Balaban J connectivity index is 1.71. The van der Waals surface area contributed by atoms with E-state index in [1.54, 1.807) is 5.57 Å². The summed E-state index contributed by atoms with van der Waals surface area (Å²) in [5, 5.41) is 0. The van der Waals surface area contributed by atoms with Gasteiger partial charge in [0.15, 0.2) is 0 Å². The van der Waals surface area contributed by atoms with E-state index in [-0.39, 0.29) is 0 Å². The summed E-state index contributed by atoms with van der Waals surface area (Å²) in [7, 11) is 0. The maximum Gasteiger partial charge on any atom is -0.0283 e. The quantitative estimate of drug-likeness (QED) is 0.356. The highest BCUT2D eigenvalue weighted by Gasteiger charge is 2.08. The van der Waals surface area contributed by atoms with Crippen molar-refractivity contribution < 1.29 is 0 Å². The second-order valence-corrected chi connectivity index (χ2v) is 4.35. The molecule has 0 heterocycles. The molecule has 0 nitrogen and oxygen atoms in total. The van der Waals surface area contributed by atoms with Crippen molar-refractivity contribution in [3.63, 3.8) is 0 Å². The van der Waals surface area contributed by atoms with Crippen LogP contribution in [-0.4, -0.2) is 0 Å². The first-order chi connectivity index (χ1) is 6.93. The predicted octanol–water partition coefficient (Wildman–Crippen LogP) is 5.01. The Morgan fingerprint density at radius 1 is 0.857 bits per heavy atom.